The van der Waals surface area contributed by atoms with E-state index in [0.717, 1.165) is 48.8 Å². The van der Waals surface area contributed by atoms with Crippen LogP contribution < -0.4 is 11.2 Å². The molecule has 0 saturated carbocycles. The monoisotopic (exact) mass is 383 g/mol. The first-order valence-corrected chi connectivity index (χ1v) is 9.55. The highest BCUT2D eigenvalue weighted by molar-refractivity contribution is 5.71. The summed E-state index contributed by atoms with van der Waals surface area (Å²) in [6.45, 7) is 4.69. The molecule has 8 heteroatoms. The van der Waals surface area contributed by atoms with Crippen LogP contribution >= 0.6 is 0 Å². The smallest absolute Gasteiger partial charge is 0.332 e. The number of benzene rings is 1. The number of ether oxygens (including phenoxy) is 1. The van der Waals surface area contributed by atoms with Gasteiger partial charge in [0.1, 0.15) is 5.82 Å². The van der Waals surface area contributed by atoms with Gasteiger partial charge in [-0.05, 0) is 5.56 Å². The van der Waals surface area contributed by atoms with Gasteiger partial charge in [0.05, 0.1) is 13.2 Å². The molecule has 0 bridgehead atoms. The first-order valence-electron chi connectivity index (χ1n) is 9.55. The number of hydrogen-bond donors (Lipinski definition) is 0. The summed E-state index contributed by atoms with van der Waals surface area (Å²) in [7, 11) is 3.18. The number of aromatic nitrogens is 4. The van der Waals surface area contributed by atoms with Crippen LogP contribution in [0, 0.1) is 0 Å². The molecule has 1 aliphatic rings. The van der Waals surface area contributed by atoms with Gasteiger partial charge in [-0.15, -0.1) is 0 Å². The molecular weight excluding hydrogens is 358 g/mol. The maximum Gasteiger partial charge on any atom is 0.332 e. The summed E-state index contributed by atoms with van der Waals surface area (Å²) in [5.74, 6) is 0.799. The van der Waals surface area contributed by atoms with Crippen LogP contribution in [-0.2, 0) is 31.8 Å². The molecular formula is C20H25N5O3. The van der Waals surface area contributed by atoms with E-state index in [1.54, 1.807) is 7.05 Å². The van der Waals surface area contributed by atoms with Crippen molar-refractivity contribution in [1.82, 2.24) is 23.6 Å². The lowest BCUT2D eigenvalue weighted by atomic mass is 10.1. The molecule has 28 heavy (non-hydrogen) atoms. The minimum absolute atomic E-state index is 0.299. The van der Waals surface area contributed by atoms with Gasteiger partial charge in [-0.25, -0.2) is 9.78 Å². The molecule has 4 rings (SSSR count). The first-order chi connectivity index (χ1) is 13.6. The summed E-state index contributed by atoms with van der Waals surface area (Å²) in [6, 6.07) is 10.0. The topological polar surface area (TPSA) is 74.3 Å². The summed E-state index contributed by atoms with van der Waals surface area (Å²) in [5.41, 5.74) is 1.39. The second-order valence-corrected chi connectivity index (χ2v) is 7.17. The normalized spacial score (nSPS) is 15.4. The van der Waals surface area contributed by atoms with E-state index in [4.69, 9.17) is 9.72 Å². The molecule has 8 nitrogen and oxygen atoms in total. The van der Waals surface area contributed by atoms with Crippen molar-refractivity contribution in [1.29, 1.82) is 0 Å². The maximum atomic E-state index is 12.9. The van der Waals surface area contributed by atoms with Crippen molar-refractivity contribution in [2.45, 2.75) is 13.0 Å². The number of nitrogens with zero attached hydrogens (tertiary/aromatic N) is 5. The van der Waals surface area contributed by atoms with Gasteiger partial charge in [-0.3, -0.25) is 18.8 Å². The van der Waals surface area contributed by atoms with Crippen LogP contribution in [0.1, 0.15) is 11.4 Å². The Kier molecular flexibility index (Phi) is 5.15. The third-order valence-electron chi connectivity index (χ3n) is 5.38. The van der Waals surface area contributed by atoms with Gasteiger partial charge in [0.15, 0.2) is 11.2 Å². The SMILES string of the molecule is Cn1c(=O)c2c(nc(Cc3ccccc3)n2CCN2CCOCC2)n(C)c1=O. The first kappa shape index (κ1) is 18.6. The molecule has 148 valence electrons. The second-order valence-electron chi connectivity index (χ2n) is 7.17. The van der Waals surface area contributed by atoms with Crippen LogP contribution in [0.5, 0.6) is 0 Å². The highest BCUT2D eigenvalue weighted by atomic mass is 16.5. The van der Waals surface area contributed by atoms with Crippen molar-refractivity contribution < 1.29 is 4.74 Å². The van der Waals surface area contributed by atoms with Gasteiger partial charge in [0.25, 0.3) is 5.56 Å². The largest absolute Gasteiger partial charge is 0.379 e. The van der Waals surface area contributed by atoms with E-state index in [9.17, 15) is 9.59 Å². The van der Waals surface area contributed by atoms with Gasteiger partial charge in [-0.2, -0.15) is 0 Å². The van der Waals surface area contributed by atoms with Gasteiger partial charge < -0.3 is 9.30 Å². The Morgan fingerprint density at radius 3 is 2.43 bits per heavy atom. The lowest BCUT2D eigenvalue weighted by Gasteiger charge is -2.26. The lowest BCUT2D eigenvalue weighted by molar-refractivity contribution is 0.0364. The molecule has 2 aromatic heterocycles. The van der Waals surface area contributed by atoms with Crippen LogP contribution in [0.15, 0.2) is 39.9 Å². The van der Waals surface area contributed by atoms with Crippen LogP contribution in [0.2, 0.25) is 0 Å². The van der Waals surface area contributed by atoms with E-state index in [2.05, 4.69) is 4.90 Å². The zero-order valence-electron chi connectivity index (χ0n) is 16.3. The Morgan fingerprint density at radius 1 is 1.00 bits per heavy atom. The fourth-order valence-electron chi connectivity index (χ4n) is 3.71. The highest BCUT2D eigenvalue weighted by Crippen LogP contribution is 2.15. The predicted molar refractivity (Wildman–Crippen MR) is 107 cm³/mol. The summed E-state index contributed by atoms with van der Waals surface area (Å²) in [5, 5.41) is 0. The van der Waals surface area contributed by atoms with E-state index in [0.29, 0.717) is 24.1 Å². The molecule has 1 saturated heterocycles. The number of aryl methyl sites for hydroxylation is 1. The molecule has 0 aliphatic carbocycles. The Hall–Kier alpha value is -2.71. The Balaban J connectivity index is 1.79. The van der Waals surface area contributed by atoms with Crippen molar-refractivity contribution in [3.8, 4) is 0 Å². The molecule has 0 amide bonds. The van der Waals surface area contributed by atoms with Gasteiger partial charge in [0, 0.05) is 46.7 Å². The molecule has 3 heterocycles. The third-order valence-corrected chi connectivity index (χ3v) is 5.38. The van der Waals surface area contributed by atoms with Crippen molar-refractivity contribution in [3.63, 3.8) is 0 Å². The average Bonchev–Trinajstić information content (AvgIpc) is 3.09. The number of imidazole rings is 1. The number of rotatable bonds is 5. The Labute approximate surface area is 162 Å². The number of fused-ring (bicyclic) bond motifs is 1. The molecule has 0 atom stereocenters. The van der Waals surface area contributed by atoms with Crippen molar-refractivity contribution >= 4 is 11.2 Å². The van der Waals surface area contributed by atoms with Crippen LogP contribution in [-0.4, -0.2) is 56.4 Å². The van der Waals surface area contributed by atoms with E-state index in [-0.39, 0.29) is 11.2 Å². The summed E-state index contributed by atoms with van der Waals surface area (Å²) < 4.78 is 10.0. The zero-order valence-corrected chi connectivity index (χ0v) is 16.3. The van der Waals surface area contributed by atoms with Crippen molar-refractivity contribution in [3.05, 3.63) is 62.6 Å². The minimum atomic E-state index is -0.360. The molecule has 0 unspecified atom stereocenters. The van der Waals surface area contributed by atoms with Gasteiger partial charge in [0.2, 0.25) is 0 Å². The van der Waals surface area contributed by atoms with E-state index >= 15 is 0 Å². The Bertz CT molecular complexity index is 1090. The van der Waals surface area contributed by atoms with E-state index in [1.807, 2.05) is 34.9 Å². The number of morpholine rings is 1. The Morgan fingerprint density at radius 2 is 1.71 bits per heavy atom. The quantitative estimate of drug-likeness (QED) is 0.636. The number of hydrogen-bond acceptors (Lipinski definition) is 5. The minimum Gasteiger partial charge on any atom is -0.379 e. The van der Waals surface area contributed by atoms with Gasteiger partial charge in [-0.1, -0.05) is 30.3 Å². The van der Waals surface area contributed by atoms with Crippen LogP contribution in [0.3, 0.4) is 0 Å². The molecule has 3 aromatic rings. The predicted octanol–water partition coefficient (Wildman–Crippen LogP) is 0.357. The highest BCUT2D eigenvalue weighted by Gasteiger charge is 2.20. The fourth-order valence-corrected chi connectivity index (χ4v) is 3.71. The third kappa shape index (κ3) is 3.41. The van der Waals surface area contributed by atoms with E-state index < -0.39 is 0 Å². The zero-order chi connectivity index (χ0) is 19.7. The van der Waals surface area contributed by atoms with Gasteiger partial charge >= 0.3 is 5.69 Å². The molecule has 0 N–H and O–H groups in total. The second kappa shape index (κ2) is 7.73. The fraction of sp³-hybridized carbons (Fsp3) is 0.450. The summed E-state index contributed by atoms with van der Waals surface area (Å²) >= 11 is 0. The van der Waals surface area contributed by atoms with Crippen LogP contribution in [0.25, 0.3) is 11.2 Å². The summed E-state index contributed by atoms with van der Waals surface area (Å²) in [6.07, 6.45) is 0.607. The molecule has 0 radical (unpaired) electrons. The molecule has 0 spiro atoms. The molecule has 1 fully saturated rings. The standard InChI is InChI=1S/C20H25N5O3/c1-22-18-17(19(26)23(2)20(22)27)25(9-8-24-10-12-28-13-11-24)16(21-18)14-15-6-4-3-5-7-15/h3-7H,8-14H2,1-2H3. The average molecular weight is 383 g/mol. The van der Waals surface area contributed by atoms with Crippen LogP contribution in [0.4, 0.5) is 0 Å². The lowest BCUT2D eigenvalue weighted by Crippen LogP contribution is -2.39. The summed E-state index contributed by atoms with van der Waals surface area (Å²) in [4.78, 5) is 32.3. The van der Waals surface area contributed by atoms with Crippen molar-refractivity contribution in [2.24, 2.45) is 14.1 Å². The molecule has 1 aliphatic heterocycles. The maximum absolute atomic E-state index is 12.9. The van der Waals surface area contributed by atoms with E-state index in [1.165, 1.54) is 11.6 Å². The molecule has 1 aromatic carbocycles. The van der Waals surface area contributed by atoms with Crippen molar-refractivity contribution in [2.75, 3.05) is 32.8 Å².